The molecular formula is C21H16N2O7S. The fourth-order valence-electron chi connectivity index (χ4n) is 3.34. The Morgan fingerprint density at radius 2 is 1.97 bits per heavy atom. The molecule has 158 valence electrons. The number of fused-ring (bicyclic) bond motifs is 3. The molecule has 1 aliphatic rings. The Kier molecular flexibility index (Phi) is 4.63. The molecule has 1 aliphatic heterocycles. The highest BCUT2D eigenvalue weighted by atomic mass is 32.1. The maximum absolute atomic E-state index is 12.9. The summed E-state index contributed by atoms with van der Waals surface area (Å²) < 4.78 is 29.0. The highest BCUT2D eigenvalue weighted by Gasteiger charge is 2.20. The van der Waals surface area contributed by atoms with Gasteiger partial charge in [-0.15, -0.1) is 0 Å². The van der Waals surface area contributed by atoms with E-state index in [9.17, 15) is 9.59 Å². The second kappa shape index (κ2) is 7.47. The quantitative estimate of drug-likeness (QED) is 0.450. The fourth-order valence-corrected chi connectivity index (χ4v) is 4.37. The predicted molar refractivity (Wildman–Crippen MR) is 111 cm³/mol. The maximum Gasteiger partial charge on any atom is 0.325 e. The van der Waals surface area contributed by atoms with Crippen LogP contribution in [0.5, 0.6) is 17.2 Å². The minimum atomic E-state index is -0.580. The highest BCUT2D eigenvalue weighted by molar-refractivity contribution is 7.16. The van der Waals surface area contributed by atoms with Crippen molar-refractivity contribution in [2.45, 2.75) is 6.54 Å². The normalized spacial score (nSPS) is 13.2. The molecule has 4 aromatic rings. The minimum absolute atomic E-state index is 0.0655. The molecule has 0 bridgehead atoms. The summed E-state index contributed by atoms with van der Waals surface area (Å²) in [6, 6.07) is 10.5. The average molecular weight is 440 g/mol. The number of hydrogen-bond acceptors (Lipinski definition) is 8. The molecule has 9 nitrogen and oxygen atoms in total. The summed E-state index contributed by atoms with van der Waals surface area (Å²) >= 11 is 1.25. The lowest BCUT2D eigenvalue weighted by molar-refractivity contribution is -0.141. The molecule has 10 heteroatoms. The number of carbonyl (C=O) groups excluding carboxylic acids is 2. The van der Waals surface area contributed by atoms with E-state index in [1.807, 2.05) is 12.1 Å². The third-order valence-electron chi connectivity index (χ3n) is 4.83. The van der Waals surface area contributed by atoms with E-state index in [0.29, 0.717) is 33.1 Å². The molecule has 5 rings (SSSR count). The predicted octanol–water partition coefficient (Wildman–Crippen LogP) is 3.10. The Morgan fingerprint density at radius 1 is 1.16 bits per heavy atom. The summed E-state index contributed by atoms with van der Waals surface area (Å²) in [7, 11) is 2.83. The molecule has 0 atom stereocenters. The van der Waals surface area contributed by atoms with Gasteiger partial charge in [0.25, 0.3) is 0 Å². The van der Waals surface area contributed by atoms with Crippen molar-refractivity contribution in [3.8, 4) is 17.2 Å². The third kappa shape index (κ3) is 3.30. The zero-order valence-corrected chi connectivity index (χ0v) is 17.4. The largest absolute Gasteiger partial charge is 0.493 e. The Balaban J connectivity index is 1.63. The molecule has 0 saturated carbocycles. The molecule has 0 N–H and O–H groups in total. The first kappa shape index (κ1) is 19.2. The van der Waals surface area contributed by atoms with Gasteiger partial charge in [-0.2, -0.15) is 4.99 Å². The van der Waals surface area contributed by atoms with Gasteiger partial charge < -0.3 is 27.9 Å². The molecule has 1 amide bonds. The van der Waals surface area contributed by atoms with Crippen molar-refractivity contribution < 1.29 is 33.0 Å². The number of carbonyl (C=O) groups is 2. The van der Waals surface area contributed by atoms with E-state index < -0.39 is 11.9 Å². The van der Waals surface area contributed by atoms with Gasteiger partial charge in [-0.25, -0.2) is 0 Å². The lowest BCUT2D eigenvalue weighted by Gasteiger charge is -2.04. The molecule has 0 radical (unpaired) electrons. The standard InChI is InChI=1S/C21H16N2O7S/c1-26-13-5-3-4-11-6-16(30-19(11)13)20(25)22-21-23(9-18(24)27-2)12-7-14-15(29-10-28-14)8-17(12)31-21/h3-8H,9-10H2,1-2H3. The number of thiazole rings is 1. The molecule has 0 fully saturated rings. The van der Waals surface area contributed by atoms with Crippen LogP contribution in [0.3, 0.4) is 0 Å². The first-order valence-corrected chi connectivity index (χ1v) is 10.0. The van der Waals surface area contributed by atoms with Crippen LogP contribution in [0.25, 0.3) is 21.2 Å². The SMILES string of the molecule is COC(=O)Cn1c(=NC(=O)c2cc3cccc(OC)c3o2)sc2cc3c(cc21)OCO3. The first-order chi connectivity index (χ1) is 15.1. The van der Waals surface area contributed by atoms with Crippen LogP contribution in [-0.4, -0.2) is 37.5 Å². The molecule has 0 saturated heterocycles. The fraction of sp³-hybridized carbons (Fsp3) is 0.190. The van der Waals surface area contributed by atoms with Crippen molar-refractivity contribution in [2.75, 3.05) is 21.0 Å². The van der Waals surface area contributed by atoms with Gasteiger partial charge in [-0.3, -0.25) is 9.59 Å². The lowest BCUT2D eigenvalue weighted by atomic mass is 10.2. The minimum Gasteiger partial charge on any atom is -0.493 e. The average Bonchev–Trinajstić information content (AvgIpc) is 3.49. The van der Waals surface area contributed by atoms with E-state index in [1.165, 1.54) is 25.6 Å². The van der Waals surface area contributed by atoms with E-state index >= 15 is 0 Å². The lowest BCUT2D eigenvalue weighted by Crippen LogP contribution is -2.22. The van der Waals surface area contributed by atoms with Crippen molar-refractivity contribution in [1.82, 2.24) is 4.57 Å². The smallest absolute Gasteiger partial charge is 0.325 e. The summed E-state index contributed by atoms with van der Waals surface area (Å²) in [6.07, 6.45) is 0. The molecule has 0 aliphatic carbocycles. The second-order valence-corrected chi connectivity index (χ2v) is 7.64. The summed E-state index contributed by atoms with van der Waals surface area (Å²) in [4.78, 5) is 29.4. The van der Waals surface area contributed by atoms with E-state index in [1.54, 1.807) is 28.8 Å². The molecule has 0 unspecified atom stereocenters. The van der Waals surface area contributed by atoms with Gasteiger partial charge in [0.1, 0.15) is 6.54 Å². The number of aromatic nitrogens is 1. The van der Waals surface area contributed by atoms with Crippen LogP contribution in [0.4, 0.5) is 0 Å². The number of amides is 1. The summed E-state index contributed by atoms with van der Waals surface area (Å²) in [5, 5.41) is 0.724. The number of para-hydroxylation sites is 1. The molecule has 0 spiro atoms. The van der Waals surface area contributed by atoms with Crippen LogP contribution >= 0.6 is 11.3 Å². The van der Waals surface area contributed by atoms with Gasteiger partial charge in [0.15, 0.2) is 33.4 Å². The van der Waals surface area contributed by atoms with Gasteiger partial charge in [-0.05, 0) is 12.1 Å². The summed E-state index contributed by atoms with van der Waals surface area (Å²) in [6.45, 7) is 0.0189. The zero-order valence-electron chi connectivity index (χ0n) is 16.5. The molecule has 2 aromatic carbocycles. The van der Waals surface area contributed by atoms with E-state index in [-0.39, 0.29) is 19.1 Å². The Bertz CT molecular complexity index is 1410. The topological polar surface area (TPSA) is 101 Å². The maximum atomic E-state index is 12.9. The van der Waals surface area contributed by atoms with Gasteiger partial charge >= 0.3 is 11.9 Å². The number of rotatable bonds is 4. The number of ether oxygens (including phenoxy) is 4. The Labute approximate surface area is 179 Å². The number of benzene rings is 2. The van der Waals surface area contributed by atoms with Gasteiger partial charge in [0.2, 0.25) is 6.79 Å². The van der Waals surface area contributed by atoms with Crippen molar-refractivity contribution in [3.63, 3.8) is 0 Å². The van der Waals surface area contributed by atoms with Crippen molar-refractivity contribution in [2.24, 2.45) is 4.99 Å². The van der Waals surface area contributed by atoms with Crippen molar-refractivity contribution in [3.05, 3.63) is 47.0 Å². The monoisotopic (exact) mass is 440 g/mol. The van der Waals surface area contributed by atoms with Gasteiger partial charge in [0, 0.05) is 17.5 Å². The van der Waals surface area contributed by atoms with E-state index in [0.717, 1.165) is 10.1 Å². The van der Waals surface area contributed by atoms with Gasteiger partial charge in [0.05, 0.1) is 24.4 Å². The van der Waals surface area contributed by atoms with Crippen LogP contribution in [0, 0.1) is 0 Å². The molecular weight excluding hydrogens is 424 g/mol. The van der Waals surface area contributed by atoms with Crippen LogP contribution < -0.4 is 19.0 Å². The van der Waals surface area contributed by atoms with Crippen LogP contribution in [-0.2, 0) is 16.1 Å². The summed E-state index contributed by atoms with van der Waals surface area (Å²) in [5.74, 6) is 0.694. The second-order valence-electron chi connectivity index (χ2n) is 6.63. The summed E-state index contributed by atoms with van der Waals surface area (Å²) in [5.41, 5.74) is 1.14. The van der Waals surface area contributed by atoms with Crippen LogP contribution in [0.1, 0.15) is 10.6 Å². The highest BCUT2D eigenvalue weighted by Crippen LogP contribution is 2.37. The van der Waals surface area contributed by atoms with E-state index in [4.69, 9.17) is 23.4 Å². The number of nitrogens with zero attached hydrogens (tertiary/aromatic N) is 2. The zero-order chi connectivity index (χ0) is 21.5. The van der Waals surface area contributed by atoms with Crippen molar-refractivity contribution in [1.29, 1.82) is 0 Å². The Morgan fingerprint density at radius 3 is 2.74 bits per heavy atom. The Hall–Kier alpha value is -3.79. The first-order valence-electron chi connectivity index (χ1n) is 9.23. The van der Waals surface area contributed by atoms with Crippen LogP contribution in [0.2, 0.25) is 0 Å². The van der Waals surface area contributed by atoms with Gasteiger partial charge in [-0.1, -0.05) is 23.5 Å². The molecule has 2 aromatic heterocycles. The number of furan rings is 1. The number of hydrogen-bond donors (Lipinski definition) is 0. The van der Waals surface area contributed by atoms with Crippen molar-refractivity contribution >= 4 is 44.4 Å². The molecule has 31 heavy (non-hydrogen) atoms. The molecule has 3 heterocycles. The van der Waals surface area contributed by atoms with Crippen LogP contribution in [0.15, 0.2) is 45.8 Å². The third-order valence-corrected chi connectivity index (χ3v) is 5.87. The number of methoxy groups -OCH3 is 2. The van der Waals surface area contributed by atoms with E-state index in [2.05, 4.69) is 4.99 Å². The number of esters is 1.